The molecule has 26 heavy (non-hydrogen) atoms. The molecule has 1 aromatic heterocycles. The van der Waals surface area contributed by atoms with Gasteiger partial charge in [0.25, 0.3) is 5.56 Å². The second-order valence-electron chi connectivity index (χ2n) is 5.59. The number of nitrogens with one attached hydrogen (secondary N) is 1. The molecule has 2 aromatic carbocycles. The summed E-state index contributed by atoms with van der Waals surface area (Å²) >= 11 is 3.50. The largest absolute Gasteiger partial charge is 0.493 e. The highest BCUT2D eigenvalue weighted by atomic mass is 79.9. The van der Waals surface area contributed by atoms with Crippen molar-refractivity contribution in [3.05, 3.63) is 73.4 Å². The van der Waals surface area contributed by atoms with Crippen LogP contribution in [-0.4, -0.2) is 23.5 Å². The van der Waals surface area contributed by atoms with Gasteiger partial charge in [0.05, 0.1) is 34.4 Å². The molecule has 3 rings (SSSR count). The van der Waals surface area contributed by atoms with Crippen LogP contribution >= 0.6 is 15.9 Å². The third-order valence-corrected chi connectivity index (χ3v) is 4.46. The van der Waals surface area contributed by atoms with Gasteiger partial charge >= 0.3 is 0 Å². The number of H-pyrrole nitrogens is 1. The van der Waals surface area contributed by atoms with Gasteiger partial charge < -0.3 is 9.47 Å². The summed E-state index contributed by atoms with van der Waals surface area (Å²) in [6.45, 7) is 6.40. The third-order valence-electron chi connectivity index (χ3n) is 3.87. The number of methoxy groups -OCH3 is 1. The summed E-state index contributed by atoms with van der Waals surface area (Å²) in [4.78, 5) is 12.8. The summed E-state index contributed by atoms with van der Waals surface area (Å²) in [5.74, 6) is 1.23. The van der Waals surface area contributed by atoms with E-state index < -0.39 is 0 Å². The molecule has 0 aliphatic rings. The minimum atomic E-state index is -0.162. The zero-order chi connectivity index (χ0) is 18.7. The van der Waals surface area contributed by atoms with Gasteiger partial charge in [-0.2, -0.15) is 0 Å². The van der Waals surface area contributed by atoms with Crippen molar-refractivity contribution in [2.45, 2.75) is 6.92 Å². The Morgan fingerprint density at radius 1 is 1.27 bits per heavy atom. The second-order valence-corrected chi connectivity index (χ2v) is 6.45. The molecule has 0 radical (unpaired) electrons. The van der Waals surface area contributed by atoms with Crippen molar-refractivity contribution in [1.82, 2.24) is 9.78 Å². The third kappa shape index (κ3) is 3.46. The number of para-hydroxylation sites is 1. The van der Waals surface area contributed by atoms with E-state index >= 15 is 0 Å². The highest BCUT2D eigenvalue weighted by Gasteiger charge is 2.11. The Morgan fingerprint density at radius 2 is 2.00 bits per heavy atom. The maximum atomic E-state index is 12.8. The van der Waals surface area contributed by atoms with E-state index in [1.165, 1.54) is 4.68 Å². The van der Waals surface area contributed by atoms with Gasteiger partial charge in [0.1, 0.15) is 0 Å². The van der Waals surface area contributed by atoms with Crippen LogP contribution in [0.15, 0.2) is 51.7 Å². The molecular formula is C20H19BrN2O3. The van der Waals surface area contributed by atoms with Crippen molar-refractivity contribution in [2.75, 3.05) is 13.7 Å². The van der Waals surface area contributed by atoms with Gasteiger partial charge in [-0.3, -0.25) is 9.89 Å². The average molecular weight is 415 g/mol. The molecule has 3 aromatic rings. The summed E-state index contributed by atoms with van der Waals surface area (Å²) in [7, 11) is 1.58. The minimum Gasteiger partial charge on any atom is -0.493 e. The fraction of sp³-hybridized carbons (Fsp3) is 0.150. The molecule has 0 bridgehead atoms. The first-order valence-corrected chi connectivity index (χ1v) is 8.92. The molecule has 0 atom stereocenters. The maximum Gasteiger partial charge on any atom is 0.279 e. The molecule has 0 amide bonds. The van der Waals surface area contributed by atoms with Crippen LogP contribution in [-0.2, 0) is 0 Å². The van der Waals surface area contributed by atoms with Crippen molar-refractivity contribution in [3.8, 4) is 17.2 Å². The number of benzene rings is 2. The molecule has 6 heteroatoms. The van der Waals surface area contributed by atoms with Gasteiger partial charge in [-0.15, -0.1) is 0 Å². The molecule has 1 heterocycles. The van der Waals surface area contributed by atoms with Gasteiger partial charge in [-0.05, 0) is 58.8 Å². The Kier molecular flexibility index (Phi) is 5.32. The van der Waals surface area contributed by atoms with Gasteiger partial charge in [0, 0.05) is 0 Å². The standard InChI is InChI=1S/C20H19BrN2O3/c1-4-26-19-17(21)11-14(12-18(19)25-3)10-16-13(2)22-23(20(16)24)15-8-6-5-7-9-15/h5-12,22H,2,4H2,1,3H3/b16-10-. The SMILES string of the molecule is C=c1[nH]n(-c2ccccc2)c(=O)/c1=C\c1cc(Br)c(OCC)c(OC)c1. The van der Waals surface area contributed by atoms with Gasteiger partial charge in [-0.1, -0.05) is 24.8 Å². The molecule has 0 fully saturated rings. The van der Waals surface area contributed by atoms with E-state index in [1.807, 2.05) is 49.4 Å². The molecule has 0 aliphatic carbocycles. The lowest BCUT2D eigenvalue weighted by molar-refractivity contribution is 0.309. The molecule has 0 unspecified atom stereocenters. The van der Waals surface area contributed by atoms with Crippen molar-refractivity contribution in [2.24, 2.45) is 0 Å². The number of ether oxygens (including phenoxy) is 2. The number of nitrogens with zero attached hydrogens (tertiary/aromatic N) is 1. The Balaban J connectivity index is 2.15. The molecular weight excluding hydrogens is 396 g/mol. The van der Waals surface area contributed by atoms with Gasteiger partial charge in [0.15, 0.2) is 11.5 Å². The average Bonchev–Trinajstić information content (AvgIpc) is 2.92. The van der Waals surface area contributed by atoms with Gasteiger partial charge in [0.2, 0.25) is 0 Å². The summed E-state index contributed by atoms with van der Waals surface area (Å²) in [5.41, 5.74) is 1.40. The quantitative estimate of drug-likeness (QED) is 0.697. The number of hydrogen-bond acceptors (Lipinski definition) is 3. The summed E-state index contributed by atoms with van der Waals surface area (Å²) in [6.07, 6.45) is 1.78. The predicted molar refractivity (Wildman–Crippen MR) is 107 cm³/mol. The molecule has 1 N–H and O–H groups in total. The summed E-state index contributed by atoms with van der Waals surface area (Å²) in [5, 5.41) is 4.06. The Bertz CT molecular complexity index is 1080. The number of halogens is 1. The van der Waals surface area contributed by atoms with Crippen LogP contribution in [0.5, 0.6) is 11.5 Å². The number of hydrogen-bond donors (Lipinski definition) is 1. The highest BCUT2D eigenvalue weighted by Crippen LogP contribution is 2.36. The second kappa shape index (κ2) is 7.66. The lowest BCUT2D eigenvalue weighted by atomic mass is 10.1. The van der Waals surface area contributed by atoms with E-state index in [4.69, 9.17) is 9.47 Å². The predicted octanol–water partition coefficient (Wildman–Crippen LogP) is 2.57. The Labute approximate surface area is 159 Å². The number of aromatic nitrogens is 2. The minimum absolute atomic E-state index is 0.162. The van der Waals surface area contributed by atoms with Crippen molar-refractivity contribution in [3.63, 3.8) is 0 Å². The lowest BCUT2D eigenvalue weighted by Crippen LogP contribution is -2.33. The lowest BCUT2D eigenvalue weighted by Gasteiger charge is -2.12. The van der Waals surface area contributed by atoms with E-state index in [-0.39, 0.29) is 5.56 Å². The van der Waals surface area contributed by atoms with Crippen LogP contribution in [0.25, 0.3) is 18.3 Å². The van der Waals surface area contributed by atoms with Crippen molar-refractivity contribution < 1.29 is 9.47 Å². The van der Waals surface area contributed by atoms with Crippen molar-refractivity contribution >= 4 is 28.6 Å². The molecule has 0 saturated heterocycles. The van der Waals surface area contributed by atoms with Crippen LogP contribution in [0.1, 0.15) is 12.5 Å². The molecule has 134 valence electrons. The monoisotopic (exact) mass is 414 g/mol. The first-order valence-electron chi connectivity index (χ1n) is 8.12. The first kappa shape index (κ1) is 18.1. The Hall–Kier alpha value is -2.73. The molecule has 0 spiro atoms. The summed E-state index contributed by atoms with van der Waals surface area (Å²) in [6, 6.07) is 13.1. The molecule has 0 saturated carbocycles. The smallest absolute Gasteiger partial charge is 0.279 e. The first-order chi connectivity index (χ1) is 12.5. The fourth-order valence-corrected chi connectivity index (χ4v) is 3.25. The van der Waals surface area contributed by atoms with Crippen LogP contribution < -0.4 is 25.6 Å². The van der Waals surface area contributed by atoms with Crippen LogP contribution in [0.2, 0.25) is 0 Å². The van der Waals surface area contributed by atoms with Crippen LogP contribution in [0.4, 0.5) is 0 Å². The van der Waals surface area contributed by atoms with E-state index in [9.17, 15) is 4.79 Å². The molecule has 0 aliphatic heterocycles. The zero-order valence-electron chi connectivity index (χ0n) is 14.6. The fourth-order valence-electron chi connectivity index (χ4n) is 2.68. The topological polar surface area (TPSA) is 56.2 Å². The van der Waals surface area contributed by atoms with Crippen molar-refractivity contribution in [1.29, 1.82) is 0 Å². The number of rotatable bonds is 5. The summed E-state index contributed by atoms with van der Waals surface area (Å²) < 4.78 is 13.3. The zero-order valence-corrected chi connectivity index (χ0v) is 16.2. The van der Waals surface area contributed by atoms with E-state index in [1.54, 1.807) is 13.2 Å². The molecule has 5 nitrogen and oxygen atoms in total. The maximum absolute atomic E-state index is 12.8. The van der Waals surface area contributed by atoms with Crippen LogP contribution in [0, 0.1) is 0 Å². The van der Waals surface area contributed by atoms with E-state index in [0.717, 1.165) is 15.7 Å². The number of aromatic amines is 1. The highest BCUT2D eigenvalue weighted by molar-refractivity contribution is 9.10. The normalized spacial score (nSPS) is 11.6. The Morgan fingerprint density at radius 3 is 2.65 bits per heavy atom. The van der Waals surface area contributed by atoms with Gasteiger partial charge in [-0.25, -0.2) is 4.68 Å². The van der Waals surface area contributed by atoms with E-state index in [2.05, 4.69) is 27.6 Å². The van der Waals surface area contributed by atoms with E-state index in [0.29, 0.717) is 28.7 Å². The van der Waals surface area contributed by atoms with Crippen LogP contribution in [0.3, 0.4) is 0 Å².